The Kier molecular flexibility index (Phi) is 4.65. The normalized spacial score (nSPS) is 15.9. The van der Waals surface area contributed by atoms with E-state index in [9.17, 15) is 19.1 Å². The number of nitrogens with two attached hydrogens (primary N) is 1. The Hall–Kier alpha value is -2.06. The number of aromatic nitrogens is 1. The molecule has 7 nitrogen and oxygen atoms in total. The molecule has 2 atom stereocenters. The highest BCUT2D eigenvalue weighted by atomic mass is 19.1. The zero-order valence-electron chi connectivity index (χ0n) is 11.8. The van der Waals surface area contributed by atoms with Gasteiger partial charge in [-0.05, 0) is 32.9 Å². The maximum Gasteiger partial charge on any atom is 0.352 e. The molecule has 0 saturated heterocycles. The number of carbonyl (C=O) groups excluding carboxylic acids is 1. The maximum atomic E-state index is 13.8. The monoisotopic (exact) mass is 300 g/mol. The standard InChI is InChI=1S/C13H17FN2O5/c1-12(2,3)21-10(17)8(13(15,20)11(18)19)9-7(14)5-4-6-16-9/h4-6,8,20H,15H2,1-3H3,(H,18,19). The lowest BCUT2D eigenvalue weighted by atomic mass is 9.91. The molecular weight excluding hydrogens is 283 g/mol. The summed E-state index contributed by atoms with van der Waals surface area (Å²) >= 11 is 0. The van der Waals surface area contributed by atoms with Gasteiger partial charge in [-0.15, -0.1) is 0 Å². The van der Waals surface area contributed by atoms with Crippen LogP contribution in [0.25, 0.3) is 0 Å². The number of aliphatic carboxylic acids is 1. The average Bonchev–Trinajstić information content (AvgIpc) is 2.29. The van der Waals surface area contributed by atoms with Crippen molar-refractivity contribution in [2.75, 3.05) is 0 Å². The van der Waals surface area contributed by atoms with Gasteiger partial charge in [0.25, 0.3) is 0 Å². The lowest BCUT2D eigenvalue weighted by molar-refractivity contribution is -0.176. The number of halogens is 1. The molecule has 1 aromatic rings. The number of aliphatic hydroxyl groups is 1. The SMILES string of the molecule is CC(C)(C)OC(=O)C(c1ncccc1F)C(N)(O)C(=O)O. The van der Waals surface area contributed by atoms with Crippen molar-refractivity contribution >= 4 is 11.9 Å². The molecule has 1 rings (SSSR count). The van der Waals surface area contributed by atoms with Gasteiger partial charge in [0.2, 0.25) is 5.72 Å². The first-order valence-electron chi connectivity index (χ1n) is 6.04. The molecule has 1 aromatic heterocycles. The van der Waals surface area contributed by atoms with Crippen LogP contribution in [0.3, 0.4) is 0 Å². The van der Waals surface area contributed by atoms with E-state index in [-0.39, 0.29) is 0 Å². The van der Waals surface area contributed by atoms with Crippen LogP contribution in [0.2, 0.25) is 0 Å². The molecule has 0 bridgehead atoms. The Balaban J connectivity index is 3.35. The Morgan fingerprint density at radius 1 is 1.43 bits per heavy atom. The average molecular weight is 300 g/mol. The Bertz CT molecular complexity index is 554. The first-order valence-corrected chi connectivity index (χ1v) is 6.04. The van der Waals surface area contributed by atoms with Crippen molar-refractivity contribution in [1.29, 1.82) is 0 Å². The minimum Gasteiger partial charge on any atom is -0.478 e. The predicted molar refractivity (Wildman–Crippen MR) is 69.6 cm³/mol. The number of carboxylic acids is 1. The molecule has 2 unspecified atom stereocenters. The summed E-state index contributed by atoms with van der Waals surface area (Å²) in [6, 6.07) is 2.22. The second-order valence-corrected chi connectivity index (χ2v) is 5.47. The number of ether oxygens (including phenoxy) is 1. The second-order valence-electron chi connectivity index (χ2n) is 5.47. The van der Waals surface area contributed by atoms with E-state index in [0.29, 0.717) is 0 Å². The fourth-order valence-corrected chi connectivity index (χ4v) is 1.59. The van der Waals surface area contributed by atoms with Gasteiger partial charge in [0.1, 0.15) is 11.4 Å². The van der Waals surface area contributed by atoms with Gasteiger partial charge in [0.15, 0.2) is 5.92 Å². The van der Waals surface area contributed by atoms with Crippen molar-refractivity contribution in [1.82, 2.24) is 4.98 Å². The molecule has 8 heteroatoms. The highest BCUT2D eigenvalue weighted by molar-refractivity contribution is 5.89. The number of pyridine rings is 1. The van der Waals surface area contributed by atoms with Crippen molar-refractivity contribution in [2.45, 2.75) is 38.0 Å². The lowest BCUT2D eigenvalue weighted by Crippen LogP contribution is -2.56. The zero-order chi connectivity index (χ0) is 16.4. The summed E-state index contributed by atoms with van der Waals surface area (Å²) in [5, 5.41) is 18.8. The number of hydrogen-bond donors (Lipinski definition) is 3. The van der Waals surface area contributed by atoms with Crippen LogP contribution in [0.5, 0.6) is 0 Å². The molecule has 0 aromatic carbocycles. The number of nitrogens with zero attached hydrogens (tertiary/aromatic N) is 1. The summed E-state index contributed by atoms with van der Waals surface area (Å²) < 4.78 is 18.8. The van der Waals surface area contributed by atoms with Gasteiger partial charge in [-0.1, -0.05) is 0 Å². The predicted octanol–water partition coefficient (Wildman–Crippen LogP) is 0.378. The van der Waals surface area contributed by atoms with Gasteiger partial charge in [-0.25, -0.2) is 9.18 Å². The van der Waals surface area contributed by atoms with Gasteiger partial charge in [-0.2, -0.15) is 0 Å². The number of carbonyl (C=O) groups is 2. The zero-order valence-corrected chi connectivity index (χ0v) is 11.8. The van der Waals surface area contributed by atoms with Crippen molar-refractivity contribution in [2.24, 2.45) is 5.73 Å². The van der Waals surface area contributed by atoms with Crippen molar-refractivity contribution in [3.05, 3.63) is 29.8 Å². The van der Waals surface area contributed by atoms with E-state index >= 15 is 0 Å². The van der Waals surface area contributed by atoms with Crippen LogP contribution in [-0.2, 0) is 14.3 Å². The third-order valence-corrected chi connectivity index (χ3v) is 2.49. The number of carboxylic acid groups (broad SMARTS) is 1. The fraction of sp³-hybridized carbons (Fsp3) is 0.462. The highest BCUT2D eigenvalue weighted by Crippen LogP contribution is 2.29. The van der Waals surface area contributed by atoms with E-state index < -0.39 is 40.7 Å². The minimum atomic E-state index is -3.06. The van der Waals surface area contributed by atoms with Crippen molar-refractivity contribution in [3.63, 3.8) is 0 Å². The molecule has 0 amide bonds. The number of rotatable bonds is 4. The van der Waals surface area contributed by atoms with Crippen molar-refractivity contribution < 1.29 is 28.9 Å². The first-order chi connectivity index (χ1) is 9.47. The van der Waals surface area contributed by atoms with Crippen LogP contribution in [0, 0.1) is 5.82 Å². The molecule has 4 N–H and O–H groups in total. The summed E-state index contributed by atoms with van der Waals surface area (Å²) in [4.78, 5) is 26.8. The van der Waals surface area contributed by atoms with Crippen LogP contribution in [0.15, 0.2) is 18.3 Å². The van der Waals surface area contributed by atoms with Gasteiger partial charge in [0, 0.05) is 6.20 Å². The van der Waals surface area contributed by atoms with E-state index in [1.54, 1.807) is 0 Å². The molecule has 0 fully saturated rings. The molecule has 0 saturated carbocycles. The van der Waals surface area contributed by atoms with Crippen LogP contribution < -0.4 is 5.73 Å². The highest BCUT2D eigenvalue weighted by Gasteiger charge is 2.50. The van der Waals surface area contributed by atoms with Crippen LogP contribution >= 0.6 is 0 Å². The Labute approximate surface area is 120 Å². The van der Waals surface area contributed by atoms with Gasteiger partial charge in [0.05, 0.1) is 5.69 Å². The lowest BCUT2D eigenvalue weighted by Gasteiger charge is -2.29. The molecular formula is C13H17FN2O5. The second kappa shape index (κ2) is 5.74. The molecule has 1 heterocycles. The summed E-state index contributed by atoms with van der Waals surface area (Å²) in [7, 11) is 0. The van der Waals surface area contributed by atoms with E-state index in [1.807, 2.05) is 0 Å². The molecule has 0 aliphatic heterocycles. The fourth-order valence-electron chi connectivity index (χ4n) is 1.59. The van der Waals surface area contributed by atoms with Crippen LogP contribution in [0.1, 0.15) is 32.4 Å². The topological polar surface area (TPSA) is 123 Å². The smallest absolute Gasteiger partial charge is 0.352 e. The Morgan fingerprint density at radius 2 is 2.00 bits per heavy atom. The van der Waals surface area contributed by atoms with Gasteiger partial charge >= 0.3 is 11.9 Å². The van der Waals surface area contributed by atoms with Crippen LogP contribution in [-0.4, -0.2) is 38.5 Å². The van der Waals surface area contributed by atoms with E-state index in [2.05, 4.69) is 4.98 Å². The molecule has 0 radical (unpaired) electrons. The van der Waals surface area contributed by atoms with Gasteiger partial charge < -0.3 is 14.9 Å². The number of esters is 1. The molecule has 0 spiro atoms. The minimum absolute atomic E-state index is 0.598. The van der Waals surface area contributed by atoms with Crippen LogP contribution in [0.4, 0.5) is 4.39 Å². The summed E-state index contributed by atoms with van der Waals surface area (Å²) in [6.45, 7) is 4.60. The molecule has 21 heavy (non-hydrogen) atoms. The summed E-state index contributed by atoms with van der Waals surface area (Å²) in [5.74, 6) is -6.06. The van der Waals surface area contributed by atoms with Crippen molar-refractivity contribution in [3.8, 4) is 0 Å². The maximum absolute atomic E-state index is 13.8. The first kappa shape index (κ1) is 17.0. The Morgan fingerprint density at radius 3 is 2.43 bits per heavy atom. The largest absolute Gasteiger partial charge is 0.478 e. The van der Waals surface area contributed by atoms with E-state index in [0.717, 1.165) is 12.3 Å². The summed E-state index contributed by atoms with van der Waals surface area (Å²) in [6.07, 6.45) is 1.15. The third kappa shape index (κ3) is 3.96. The third-order valence-electron chi connectivity index (χ3n) is 2.49. The van der Waals surface area contributed by atoms with Gasteiger partial charge in [-0.3, -0.25) is 15.5 Å². The molecule has 0 aliphatic rings. The van der Waals surface area contributed by atoms with E-state index in [4.69, 9.17) is 15.6 Å². The molecule has 116 valence electrons. The molecule has 0 aliphatic carbocycles. The quantitative estimate of drug-likeness (QED) is 0.542. The summed E-state index contributed by atoms with van der Waals surface area (Å²) in [5.41, 5.74) is 0.640. The van der Waals surface area contributed by atoms with E-state index in [1.165, 1.54) is 26.8 Å². The number of hydrogen-bond acceptors (Lipinski definition) is 6.